The summed E-state index contributed by atoms with van der Waals surface area (Å²) < 4.78 is 0. The first-order valence-corrected chi connectivity index (χ1v) is 17.3. The Morgan fingerprint density at radius 1 is 0.180 bits per heavy atom. The molecule has 0 bridgehead atoms. The average Bonchev–Trinajstić information content (AvgIpc) is 3.21. The first-order valence-electron chi connectivity index (χ1n) is 17.3. The van der Waals surface area contributed by atoms with E-state index >= 15 is 0 Å². The fourth-order valence-electron chi connectivity index (χ4n) is 7.49. The summed E-state index contributed by atoms with van der Waals surface area (Å²) in [6.45, 7) is 0. The van der Waals surface area contributed by atoms with Crippen LogP contribution in [0.15, 0.2) is 206 Å². The van der Waals surface area contributed by atoms with Gasteiger partial charge in [0.1, 0.15) is 0 Å². The molecule has 50 heavy (non-hydrogen) atoms. The van der Waals surface area contributed by atoms with Crippen molar-refractivity contribution in [2.24, 2.45) is 0 Å². The van der Waals surface area contributed by atoms with Gasteiger partial charge in [-0.1, -0.05) is 200 Å². The molecule has 0 aliphatic rings. The summed E-state index contributed by atoms with van der Waals surface area (Å²) in [6, 6.07) is 74.9. The van der Waals surface area contributed by atoms with E-state index in [1.807, 2.05) is 0 Å². The van der Waals surface area contributed by atoms with Gasteiger partial charge >= 0.3 is 0 Å². The van der Waals surface area contributed by atoms with Gasteiger partial charge in [-0.2, -0.15) is 0 Å². The van der Waals surface area contributed by atoms with E-state index in [0.29, 0.717) is 0 Å². The van der Waals surface area contributed by atoms with E-state index in [4.69, 9.17) is 0 Å². The molecule has 9 aromatic carbocycles. The minimum absolute atomic E-state index is 1.21. The van der Waals surface area contributed by atoms with Crippen LogP contribution in [-0.2, 0) is 0 Å². The maximum atomic E-state index is 2.42. The molecule has 0 saturated carbocycles. The summed E-state index contributed by atoms with van der Waals surface area (Å²) in [5, 5.41) is 5.01. The zero-order chi connectivity index (χ0) is 33.3. The average molecular weight is 635 g/mol. The Hall–Kier alpha value is -6.50. The molecule has 0 aromatic heterocycles. The minimum Gasteiger partial charge on any atom is -0.0622 e. The second-order valence-electron chi connectivity index (χ2n) is 12.9. The zero-order valence-corrected chi connectivity index (χ0v) is 27.6. The molecule has 9 aromatic rings. The van der Waals surface area contributed by atoms with Gasteiger partial charge < -0.3 is 0 Å². The Morgan fingerprint density at radius 3 is 1.00 bits per heavy atom. The van der Waals surface area contributed by atoms with Crippen molar-refractivity contribution in [3.63, 3.8) is 0 Å². The third-order valence-electron chi connectivity index (χ3n) is 9.91. The van der Waals surface area contributed by atoms with Crippen LogP contribution in [0, 0.1) is 0 Å². The van der Waals surface area contributed by atoms with Gasteiger partial charge in [-0.25, -0.2) is 0 Å². The zero-order valence-electron chi connectivity index (χ0n) is 27.6. The van der Waals surface area contributed by atoms with Crippen LogP contribution >= 0.6 is 0 Å². The van der Waals surface area contributed by atoms with Crippen LogP contribution in [-0.4, -0.2) is 0 Å². The van der Waals surface area contributed by atoms with E-state index < -0.39 is 0 Å². The third kappa shape index (κ3) is 5.38. The Labute approximate surface area is 293 Å². The molecule has 0 nitrogen and oxygen atoms in total. The van der Waals surface area contributed by atoms with Gasteiger partial charge in [0, 0.05) is 0 Å². The number of hydrogen-bond acceptors (Lipinski definition) is 0. The van der Waals surface area contributed by atoms with E-state index in [1.54, 1.807) is 0 Å². The van der Waals surface area contributed by atoms with Crippen molar-refractivity contribution in [1.82, 2.24) is 0 Å². The van der Waals surface area contributed by atoms with Gasteiger partial charge in [0.05, 0.1) is 0 Å². The van der Waals surface area contributed by atoms with Crippen molar-refractivity contribution >= 4 is 21.5 Å². The summed E-state index contributed by atoms with van der Waals surface area (Å²) in [7, 11) is 0. The second-order valence-corrected chi connectivity index (χ2v) is 12.9. The highest BCUT2D eigenvalue weighted by Gasteiger charge is 2.18. The van der Waals surface area contributed by atoms with Crippen LogP contribution in [0.5, 0.6) is 0 Å². The van der Waals surface area contributed by atoms with Crippen LogP contribution in [0.2, 0.25) is 0 Å². The summed E-state index contributed by atoms with van der Waals surface area (Å²) in [4.78, 5) is 0. The largest absolute Gasteiger partial charge is 0.0622 e. The highest BCUT2D eigenvalue weighted by atomic mass is 14.2. The normalized spacial score (nSPS) is 11.2. The minimum atomic E-state index is 1.21. The molecule has 0 saturated heterocycles. The van der Waals surface area contributed by atoms with Gasteiger partial charge in [0.25, 0.3) is 0 Å². The lowest BCUT2D eigenvalue weighted by Crippen LogP contribution is -1.92. The van der Waals surface area contributed by atoms with Gasteiger partial charge in [-0.3, -0.25) is 0 Å². The van der Waals surface area contributed by atoms with Crippen molar-refractivity contribution < 1.29 is 0 Å². The molecule has 0 radical (unpaired) electrons. The Bertz CT molecular complexity index is 2580. The first-order chi connectivity index (χ1) is 24.8. The van der Waals surface area contributed by atoms with Crippen LogP contribution in [0.25, 0.3) is 88.3 Å². The molecule has 0 atom stereocenters. The predicted molar refractivity (Wildman–Crippen MR) is 214 cm³/mol. The molecular formula is C50H34. The molecule has 0 unspecified atom stereocenters. The molecule has 0 heterocycles. The fraction of sp³-hybridized carbons (Fsp3) is 0. The van der Waals surface area contributed by atoms with Crippen molar-refractivity contribution in [2.75, 3.05) is 0 Å². The first kappa shape index (κ1) is 29.6. The van der Waals surface area contributed by atoms with Crippen LogP contribution in [0.1, 0.15) is 0 Å². The van der Waals surface area contributed by atoms with Crippen molar-refractivity contribution in [2.45, 2.75) is 0 Å². The molecular weight excluding hydrogens is 601 g/mol. The van der Waals surface area contributed by atoms with Crippen LogP contribution < -0.4 is 0 Å². The van der Waals surface area contributed by atoms with Gasteiger partial charge in [0.15, 0.2) is 0 Å². The SMILES string of the molecule is c1ccc(-c2ccc(-c3c4ccccc4c(-c4ccc(-c5ccccc5)cc4)c4cc(-c5ccccc5-c5ccccc5)ccc34)cc2)cc1. The topological polar surface area (TPSA) is 0 Å². The molecule has 9 rings (SSSR count). The lowest BCUT2D eigenvalue weighted by Gasteiger charge is -2.20. The molecule has 0 heteroatoms. The van der Waals surface area contributed by atoms with E-state index in [1.165, 1.54) is 88.3 Å². The maximum absolute atomic E-state index is 2.42. The summed E-state index contributed by atoms with van der Waals surface area (Å²) in [5.74, 6) is 0. The van der Waals surface area contributed by atoms with Gasteiger partial charge in [0.2, 0.25) is 0 Å². The Kier molecular flexibility index (Phi) is 7.61. The Morgan fingerprint density at radius 2 is 0.500 bits per heavy atom. The number of rotatable bonds is 6. The molecule has 0 aliphatic carbocycles. The maximum Gasteiger partial charge on any atom is -0.00261 e. The standard InChI is InChI=1S/C50H34/c1-4-14-35(15-5-1)37-24-28-40(29-25-37)49-45-22-12-13-23-46(45)50(41-30-26-38(27-31-41)36-16-6-2-7-17-36)48-34-42(32-33-47(48)49)44-21-11-10-20-43(44)39-18-8-3-9-19-39/h1-34H. The Balaban J connectivity index is 1.30. The molecule has 0 aliphatic heterocycles. The van der Waals surface area contributed by atoms with E-state index in [0.717, 1.165) is 0 Å². The predicted octanol–water partition coefficient (Wildman–Crippen LogP) is 14.0. The number of hydrogen-bond donors (Lipinski definition) is 0. The summed E-state index contributed by atoms with van der Waals surface area (Å²) in [5.41, 5.74) is 14.7. The monoisotopic (exact) mass is 634 g/mol. The van der Waals surface area contributed by atoms with Crippen molar-refractivity contribution in [3.8, 4) is 66.8 Å². The van der Waals surface area contributed by atoms with Crippen molar-refractivity contribution in [3.05, 3.63) is 206 Å². The fourth-order valence-corrected chi connectivity index (χ4v) is 7.49. The summed E-state index contributed by atoms with van der Waals surface area (Å²) in [6.07, 6.45) is 0. The van der Waals surface area contributed by atoms with Crippen molar-refractivity contribution in [1.29, 1.82) is 0 Å². The second kappa shape index (κ2) is 12.8. The molecule has 0 fully saturated rings. The quantitative estimate of drug-likeness (QED) is 0.160. The third-order valence-corrected chi connectivity index (χ3v) is 9.91. The highest BCUT2D eigenvalue weighted by molar-refractivity contribution is 6.22. The molecule has 234 valence electrons. The van der Waals surface area contributed by atoms with E-state index in [2.05, 4.69) is 206 Å². The smallest absolute Gasteiger partial charge is 0.00261 e. The van der Waals surface area contributed by atoms with Crippen LogP contribution in [0.4, 0.5) is 0 Å². The number of fused-ring (bicyclic) bond motifs is 2. The van der Waals surface area contributed by atoms with Gasteiger partial charge in [-0.15, -0.1) is 0 Å². The molecule has 0 amide bonds. The van der Waals surface area contributed by atoms with E-state index in [-0.39, 0.29) is 0 Å². The van der Waals surface area contributed by atoms with Crippen LogP contribution in [0.3, 0.4) is 0 Å². The lowest BCUT2D eigenvalue weighted by molar-refractivity contribution is 1.59. The molecule has 0 N–H and O–H groups in total. The lowest BCUT2D eigenvalue weighted by atomic mass is 9.84. The van der Waals surface area contributed by atoms with E-state index in [9.17, 15) is 0 Å². The van der Waals surface area contributed by atoms with Gasteiger partial charge in [-0.05, 0) is 94.4 Å². The number of benzene rings is 9. The summed E-state index contributed by atoms with van der Waals surface area (Å²) >= 11 is 0. The molecule has 0 spiro atoms. The highest BCUT2D eigenvalue weighted by Crippen LogP contribution is 2.46.